The maximum absolute atomic E-state index is 5.24. The molecule has 108 valence electrons. The Kier molecular flexibility index (Phi) is 3.88. The second-order valence-electron chi connectivity index (χ2n) is 5.14. The average molecular weight is 298 g/mol. The Morgan fingerprint density at radius 3 is 2.81 bits per heavy atom. The number of aromatic amines is 1. The van der Waals surface area contributed by atoms with Crippen molar-refractivity contribution in [3.05, 3.63) is 53.1 Å². The van der Waals surface area contributed by atoms with Crippen molar-refractivity contribution in [1.29, 1.82) is 0 Å². The van der Waals surface area contributed by atoms with Gasteiger partial charge in [0, 0.05) is 11.8 Å². The van der Waals surface area contributed by atoms with Crippen LogP contribution in [-0.4, -0.2) is 17.1 Å². The van der Waals surface area contributed by atoms with Crippen LogP contribution in [0.15, 0.2) is 41.6 Å². The van der Waals surface area contributed by atoms with E-state index >= 15 is 0 Å². The number of hydrogen-bond acceptors (Lipinski definition) is 3. The van der Waals surface area contributed by atoms with Crippen molar-refractivity contribution >= 4 is 22.8 Å². The fraction of sp³-hybridized carbons (Fsp3) is 0.235. The molecule has 0 aliphatic rings. The van der Waals surface area contributed by atoms with E-state index < -0.39 is 0 Å². The molecule has 0 spiro atoms. The molecule has 0 bridgehead atoms. The summed E-state index contributed by atoms with van der Waals surface area (Å²) in [6.07, 6.45) is 0. The Labute approximate surface area is 128 Å². The van der Waals surface area contributed by atoms with Crippen LogP contribution in [0.1, 0.15) is 16.7 Å². The lowest BCUT2D eigenvalue weighted by molar-refractivity contribution is 0.415. The highest BCUT2D eigenvalue weighted by Gasteiger charge is 2.06. The number of aromatic nitrogens is 2. The average Bonchev–Trinajstić information content (AvgIpc) is 2.89. The number of aryl methyl sites for hydroxylation is 2. The Hall–Kier alpha value is -1.94. The quantitative estimate of drug-likeness (QED) is 0.722. The van der Waals surface area contributed by atoms with Crippen LogP contribution in [0, 0.1) is 13.8 Å². The van der Waals surface area contributed by atoms with E-state index in [1.165, 1.54) is 16.7 Å². The van der Waals surface area contributed by atoms with Crippen LogP contribution in [0.25, 0.3) is 11.0 Å². The lowest BCUT2D eigenvalue weighted by atomic mass is 10.1. The van der Waals surface area contributed by atoms with Crippen LogP contribution in [0.2, 0.25) is 0 Å². The number of nitrogens with zero attached hydrogens (tertiary/aromatic N) is 1. The fourth-order valence-corrected chi connectivity index (χ4v) is 3.21. The van der Waals surface area contributed by atoms with Crippen molar-refractivity contribution in [3.8, 4) is 5.75 Å². The lowest BCUT2D eigenvalue weighted by Crippen LogP contribution is -1.88. The smallest absolute Gasteiger partial charge is 0.166 e. The topological polar surface area (TPSA) is 37.9 Å². The van der Waals surface area contributed by atoms with E-state index in [1.807, 2.05) is 18.2 Å². The SMILES string of the molecule is COc1ccc2nc(SCc3cc(C)ccc3C)[nH]c2c1. The summed E-state index contributed by atoms with van der Waals surface area (Å²) in [6, 6.07) is 12.5. The Bertz CT molecular complexity index is 780. The van der Waals surface area contributed by atoms with Gasteiger partial charge in [0.05, 0.1) is 18.1 Å². The maximum atomic E-state index is 5.24. The molecule has 0 amide bonds. The summed E-state index contributed by atoms with van der Waals surface area (Å²) in [7, 11) is 1.67. The molecule has 0 saturated heterocycles. The molecule has 0 unspecified atom stereocenters. The van der Waals surface area contributed by atoms with Gasteiger partial charge in [0.15, 0.2) is 5.16 Å². The summed E-state index contributed by atoms with van der Waals surface area (Å²) < 4.78 is 5.24. The highest BCUT2D eigenvalue weighted by molar-refractivity contribution is 7.98. The third-order valence-corrected chi connectivity index (χ3v) is 4.46. The zero-order chi connectivity index (χ0) is 14.8. The second kappa shape index (κ2) is 5.82. The van der Waals surface area contributed by atoms with Crippen molar-refractivity contribution in [3.63, 3.8) is 0 Å². The van der Waals surface area contributed by atoms with Gasteiger partial charge in [-0.25, -0.2) is 4.98 Å². The van der Waals surface area contributed by atoms with Crippen LogP contribution in [0.4, 0.5) is 0 Å². The van der Waals surface area contributed by atoms with Crippen LogP contribution < -0.4 is 4.74 Å². The predicted molar refractivity (Wildman–Crippen MR) is 88.1 cm³/mol. The highest BCUT2D eigenvalue weighted by atomic mass is 32.2. The molecule has 21 heavy (non-hydrogen) atoms. The van der Waals surface area contributed by atoms with Gasteiger partial charge in [-0.05, 0) is 37.1 Å². The number of nitrogens with one attached hydrogen (secondary N) is 1. The van der Waals surface area contributed by atoms with Crippen molar-refractivity contribution in [2.75, 3.05) is 7.11 Å². The molecule has 1 heterocycles. The molecule has 3 aromatic rings. The van der Waals surface area contributed by atoms with Gasteiger partial charge in [0.25, 0.3) is 0 Å². The molecule has 1 aromatic heterocycles. The Morgan fingerprint density at radius 1 is 1.14 bits per heavy atom. The van der Waals surface area contributed by atoms with Crippen LogP contribution in [0.5, 0.6) is 5.75 Å². The van der Waals surface area contributed by atoms with Gasteiger partial charge in [0.2, 0.25) is 0 Å². The normalized spacial score (nSPS) is 11.0. The van der Waals surface area contributed by atoms with Gasteiger partial charge >= 0.3 is 0 Å². The minimum Gasteiger partial charge on any atom is -0.497 e. The molecule has 0 atom stereocenters. The Balaban J connectivity index is 1.80. The minimum absolute atomic E-state index is 0.845. The van der Waals surface area contributed by atoms with E-state index in [1.54, 1.807) is 18.9 Å². The molecular weight excluding hydrogens is 280 g/mol. The van der Waals surface area contributed by atoms with Crippen LogP contribution in [0.3, 0.4) is 0 Å². The van der Waals surface area contributed by atoms with E-state index in [4.69, 9.17) is 4.74 Å². The molecule has 0 radical (unpaired) electrons. The molecule has 0 saturated carbocycles. The van der Waals surface area contributed by atoms with Gasteiger partial charge in [-0.3, -0.25) is 0 Å². The third-order valence-electron chi connectivity index (χ3n) is 3.54. The summed E-state index contributed by atoms with van der Waals surface area (Å²) in [6.45, 7) is 4.28. The predicted octanol–water partition coefficient (Wildman–Crippen LogP) is 4.48. The van der Waals surface area contributed by atoms with Crippen LogP contribution >= 0.6 is 11.8 Å². The van der Waals surface area contributed by atoms with Crippen molar-refractivity contribution < 1.29 is 4.74 Å². The zero-order valence-corrected chi connectivity index (χ0v) is 13.3. The number of fused-ring (bicyclic) bond motifs is 1. The number of rotatable bonds is 4. The summed E-state index contributed by atoms with van der Waals surface area (Å²) in [5.74, 6) is 1.77. The zero-order valence-electron chi connectivity index (χ0n) is 12.4. The molecule has 2 aromatic carbocycles. The summed E-state index contributed by atoms with van der Waals surface area (Å²) in [5, 5.41) is 0.944. The highest BCUT2D eigenvalue weighted by Crippen LogP contribution is 2.26. The number of hydrogen-bond donors (Lipinski definition) is 1. The first-order valence-electron chi connectivity index (χ1n) is 6.88. The number of imidazole rings is 1. The number of methoxy groups -OCH3 is 1. The summed E-state index contributed by atoms with van der Waals surface area (Å²) in [5.41, 5.74) is 5.96. The van der Waals surface area contributed by atoms with Crippen LogP contribution in [-0.2, 0) is 5.75 Å². The molecule has 4 heteroatoms. The molecule has 0 aliphatic carbocycles. The molecule has 0 fully saturated rings. The molecule has 1 N–H and O–H groups in total. The number of benzene rings is 2. The van der Waals surface area contributed by atoms with Crippen molar-refractivity contribution in [2.45, 2.75) is 24.8 Å². The lowest BCUT2D eigenvalue weighted by Gasteiger charge is -2.05. The molecule has 0 aliphatic heterocycles. The Morgan fingerprint density at radius 2 is 2.00 bits per heavy atom. The number of thioether (sulfide) groups is 1. The van der Waals surface area contributed by atoms with Gasteiger partial charge in [-0.2, -0.15) is 0 Å². The summed E-state index contributed by atoms with van der Waals surface area (Å²) in [4.78, 5) is 7.95. The van der Waals surface area contributed by atoms with Gasteiger partial charge in [0.1, 0.15) is 5.75 Å². The number of H-pyrrole nitrogens is 1. The first-order valence-corrected chi connectivity index (χ1v) is 7.87. The summed E-state index contributed by atoms with van der Waals surface area (Å²) >= 11 is 1.73. The van der Waals surface area contributed by atoms with E-state index in [9.17, 15) is 0 Å². The monoisotopic (exact) mass is 298 g/mol. The standard InChI is InChI=1S/C17H18N2OS/c1-11-4-5-12(2)13(8-11)10-21-17-18-15-7-6-14(20-3)9-16(15)19-17/h4-9H,10H2,1-3H3,(H,18,19). The van der Waals surface area contributed by atoms with Gasteiger partial charge in [-0.15, -0.1) is 0 Å². The minimum atomic E-state index is 0.845. The third kappa shape index (κ3) is 3.05. The van der Waals surface area contributed by atoms with Crippen molar-refractivity contribution in [2.24, 2.45) is 0 Å². The van der Waals surface area contributed by atoms with Crippen molar-refractivity contribution in [1.82, 2.24) is 9.97 Å². The second-order valence-corrected chi connectivity index (χ2v) is 6.11. The van der Waals surface area contributed by atoms with E-state index in [0.29, 0.717) is 0 Å². The molecular formula is C17H18N2OS. The van der Waals surface area contributed by atoms with E-state index in [2.05, 4.69) is 42.0 Å². The van der Waals surface area contributed by atoms with Gasteiger partial charge < -0.3 is 9.72 Å². The first kappa shape index (κ1) is 14.0. The largest absolute Gasteiger partial charge is 0.497 e. The number of ether oxygens (including phenoxy) is 1. The fourth-order valence-electron chi connectivity index (χ4n) is 2.26. The van der Waals surface area contributed by atoms with E-state index in [0.717, 1.165) is 27.7 Å². The van der Waals surface area contributed by atoms with E-state index in [-0.39, 0.29) is 0 Å². The first-order chi connectivity index (χ1) is 10.2. The maximum Gasteiger partial charge on any atom is 0.166 e. The molecule has 3 rings (SSSR count). The molecule has 3 nitrogen and oxygen atoms in total. The van der Waals surface area contributed by atoms with Gasteiger partial charge in [-0.1, -0.05) is 35.5 Å².